The number of benzene rings is 2. The van der Waals surface area contributed by atoms with Gasteiger partial charge in [0.25, 0.3) is 0 Å². The van der Waals surface area contributed by atoms with Gasteiger partial charge >= 0.3 is 124 Å². The van der Waals surface area contributed by atoms with E-state index in [2.05, 4.69) is 36.3 Å². The Labute approximate surface area is 124 Å². The van der Waals surface area contributed by atoms with Gasteiger partial charge in [-0.25, -0.2) is 0 Å². The average Bonchev–Trinajstić information content (AvgIpc) is 2.47. The molecule has 3 heteroatoms. The van der Waals surface area contributed by atoms with Crippen LogP contribution in [0.3, 0.4) is 0 Å². The van der Waals surface area contributed by atoms with Crippen LogP contribution in [-0.2, 0) is 0 Å². The number of ether oxygens (including phenoxy) is 2. The van der Waals surface area contributed by atoms with Gasteiger partial charge in [0.05, 0.1) is 0 Å². The van der Waals surface area contributed by atoms with Crippen LogP contribution in [0.1, 0.15) is 6.92 Å². The topological polar surface area (TPSA) is 18.5 Å². The molecule has 2 nitrogen and oxygen atoms in total. The summed E-state index contributed by atoms with van der Waals surface area (Å²) < 4.78 is 13.1. The van der Waals surface area contributed by atoms with Gasteiger partial charge in [0.1, 0.15) is 0 Å². The van der Waals surface area contributed by atoms with E-state index >= 15 is 0 Å². The summed E-state index contributed by atoms with van der Waals surface area (Å²) in [5.41, 5.74) is 0. The van der Waals surface area contributed by atoms with Crippen molar-refractivity contribution in [2.75, 3.05) is 7.11 Å². The van der Waals surface area contributed by atoms with Crippen molar-refractivity contribution in [3.8, 4) is 23.5 Å². The fraction of sp³-hybridized carbons (Fsp3) is 0.125. The van der Waals surface area contributed by atoms with Crippen molar-refractivity contribution in [3.63, 3.8) is 0 Å². The molecule has 2 aromatic rings. The quantitative estimate of drug-likeness (QED) is 0.569. The molecular weight excluding hydrogens is 351 g/mol. The third kappa shape index (κ3) is 4.18. The van der Waals surface area contributed by atoms with Crippen LogP contribution in [0.15, 0.2) is 48.5 Å². The first-order chi connectivity index (χ1) is 9.31. The Kier molecular flexibility index (Phi) is 5.10. The van der Waals surface area contributed by atoms with Gasteiger partial charge in [0, 0.05) is 0 Å². The van der Waals surface area contributed by atoms with E-state index in [1.54, 1.807) is 14.0 Å². The molecule has 2 aromatic carbocycles. The van der Waals surface area contributed by atoms with E-state index in [9.17, 15) is 0 Å². The van der Waals surface area contributed by atoms with Crippen LogP contribution >= 0.6 is 0 Å². The zero-order valence-electron chi connectivity index (χ0n) is 10.8. The summed E-state index contributed by atoms with van der Waals surface area (Å²) >= 11 is -0.163. The second-order valence-corrected chi connectivity index (χ2v) is 6.69. The van der Waals surface area contributed by atoms with E-state index in [0.717, 1.165) is 11.5 Å². The van der Waals surface area contributed by atoms with Crippen molar-refractivity contribution >= 4 is 0 Å². The molecule has 0 unspecified atom stereocenters. The molecule has 0 aromatic heterocycles. The first-order valence-corrected chi connectivity index (χ1v) is 7.95. The average molecular weight is 365 g/mol. The molecule has 0 heterocycles. The molecule has 0 bridgehead atoms. The second kappa shape index (κ2) is 7.05. The van der Waals surface area contributed by atoms with Crippen LogP contribution in [-0.4, -0.2) is 7.11 Å². The van der Waals surface area contributed by atoms with Crippen LogP contribution in [0.25, 0.3) is 0 Å². The summed E-state index contributed by atoms with van der Waals surface area (Å²) in [6.07, 6.45) is 2.59. The minimum atomic E-state index is -0.163. The van der Waals surface area contributed by atoms with E-state index in [4.69, 9.17) is 9.47 Å². The zero-order chi connectivity index (χ0) is 13.5. The van der Waals surface area contributed by atoms with Crippen molar-refractivity contribution < 1.29 is 30.7 Å². The van der Waals surface area contributed by atoms with E-state index in [0.29, 0.717) is 0 Å². The molecule has 0 fully saturated rings. The molecule has 98 valence electrons. The number of hydrogen-bond acceptors (Lipinski definition) is 2. The summed E-state index contributed by atoms with van der Waals surface area (Å²) in [5, 5.41) is 0. The van der Waals surface area contributed by atoms with E-state index < -0.39 is 0 Å². The number of halogens is 1. The summed E-state index contributed by atoms with van der Waals surface area (Å²) in [4.78, 5) is 0. The number of hydrogen-bond donors (Lipinski definition) is 0. The molecule has 0 aliphatic carbocycles. The zero-order valence-corrected chi connectivity index (χ0v) is 13.0. The summed E-state index contributed by atoms with van der Waals surface area (Å²) in [7, 11) is 1.68. The predicted molar refractivity (Wildman–Crippen MR) is 70.9 cm³/mol. The Morgan fingerprint density at radius 3 is 1.84 bits per heavy atom. The van der Waals surface area contributed by atoms with E-state index in [1.807, 2.05) is 24.3 Å². The third-order valence-corrected chi connectivity index (χ3v) is 5.04. The van der Waals surface area contributed by atoms with Gasteiger partial charge in [-0.2, -0.15) is 0 Å². The van der Waals surface area contributed by atoms with Crippen LogP contribution in [0.4, 0.5) is 0 Å². The summed E-state index contributed by atoms with van der Waals surface area (Å²) in [6, 6.07) is 16.4. The van der Waals surface area contributed by atoms with Crippen LogP contribution in [0.5, 0.6) is 11.5 Å². The fourth-order valence-electron chi connectivity index (χ4n) is 1.44. The molecule has 0 saturated carbocycles. The van der Waals surface area contributed by atoms with Crippen molar-refractivity contribution in [1.29, 1.82) is 0 Å². The fourth-order valence-corrected chi connectivity index (χ4v) is 3.59. The van der Waals surface area contributed by atoms with Crippen LogP contribution in [0.2, 0.25) is 0 Å². The normalized spacial score (nSPS) is 9.58. The minimum absolute atomic E-state index is 0.163. The molecule has 0 radical (unpaired) electrons. The van der Waals surface area contributed by atoms with E-state index in [1.165, 1.54) is 7.14 Å². The maximum atomic E-state index is 5.23. The Bertz CT molecular complexity index is 577. The Morgan fingerprint density at radius 2 is 1.37 bits per heavy atom. The Balaban J connectivity index is 2.03. The first kappa shape index (κ1) is 13.8. The van der Waals surface area contributed by atoms with Crippen molar-refractivity contribution in [2.24, 2.45) is 0 Å². The van der Waals surface area contributed by atoms with Gasteiger partial charge in [-0.3, -0.25) is 0 Å². The van der Waals surface area contributed by atoms with Crippen LogP contribution in [0, 0.1) is 19.2 Å². The summed E-state index contributed by atoms with van der Waals surface area (Å²) in [5.74, 6) is 4.39. The molecule has 2 rings (SSSR count). The van der Waals surface area contributed by atoms with Gasteiger partial charge in [-0.05, 0) is 0 Å². The van der Waals surface area contributed by atoms with E-state index in [-0.39, 0.29) is 21.2 Å². The van der Waals surface area contributed by atoms with Gasteiger partial charge < -0.3 is 0 Å². The maximum absolute atomic E-state index is 5.23. The molecule has 0 saturated heterocycles. The van der Waals surface area contributed by atoms with Gasteiger partial charge in [0.2, 0.25) is 0 Å². The number of methoxy groups -OCH3 is 1. The molecule has 19 heavy (non-hydrogen) atoms. The molecule has 0 amide bonds. The van der Waals surface area contributed by atoms with Crippen molar-refractivity contribution in [2.45, 2.75) is 6.92 Å². The first-order valence-electron chi connectivity index (χ1n) is 5.79. The standard InChI is InChI=1S/C16H14IO2/c1-3-12-19-16-10-6-14(7-11-16)17-13-4-8-15(18-2)9-5-13/h4-11H,1-2H3/q-1. The Morgan fingerprint density at radius 1 is 0.842 bits per heavy atom. The Hall–Kier alpha value is -1.67. The van der Waals surface area contributed by atoms with Gasteiger partial charge in [0.15, 0.2) is 0 Å². The van der Waals surface area contributed by atoms with Crippen LogP contribution < -0.4 is 30.7 Å². The number of rotatable bonds is 4. The monoisotopic (exact) mass is 365 g/mol. The molecule has 0 spiro atoms. The molecule has 0 N–H and O–H groups in total. The predicted octanol–water partition coefficient (Wildman–Crippen LogP) is 0.183. The second-order valence-electron chi connectivity index (χ2n) is 3.66. The van der Waals surface area contributed by atoms with Crippen molar-refractivity contribution in [3.05, 3.63) is 55.7 Å². The van der Waals surface area contributed by atoms with Crippen molar-refractivity contribution in [1.82, 2.24) is 0 Å². The van der Waals surface area contributed by atoms with Gasteiger partial charge in [-0.1, -0.05) is 0 Å². The molecule has 0 aliphatic heterocycles. The third-order valence-electron chi connectivity index (χ3n) is 2.35. The molecule has 0 aliphatic rings. The molecule has 0 atom stereocenters. The summed E-state index contributed by atoms with van der Waals surface area (Å²) in [6.45, 7) is 1.75. The molecular formula is C16H14IO2-. The SMILES string of the molecule is CC#COc1ccc([I-]c2ccc(OC)cc2)cc1. The van der Waals surface area contributed by atoms with Gasteiger partial charge in [-0.15, -0.1) is 0 Å².